The number of nitriles is 1. The summed E-state index contributed by atoms with van der Waals surface area (Å²) in [5, 5.41) is 15.3. The fraction of sp³-hybridized carbons (Fsp3) is 0.375. The lowest BCUT2D eigenvalue weighted by Gasteiger charge is -2.32. The molecule has 0 amide bonds. The van der Waals surface area contributed by atoms with Gasteiger partial charge in [-0.15, -0.1) is 0 Å². The van der Waals surface area contributed by atoms with Crippen LogP contribution in [0.15, 0.2) is 12.4 Å². The lowest BCUT2D eigenvalue weighted by molar-refractivity contribution is -0.126. The first-order valence-electron chi connectivity index (χ1n) is 3.69. The Balaban J connectivity index is 2.34. The lowest BCUT2D eigenvalue weighted by Crippen LogP contribution is -2.39. The van der Waals surface area contributed by atoms with Gasteiger partial charge in [0.15, 0.2) is 0 Å². The second kappa shape index (κ2) is 2.18. The number of aromatic amines is 1. The van der Waals surface area contributed by atoms with Gasteiger partial charge >= 0.3 is 0 Å². The molecule has 1 fully saturated rings. The Morgan fingerprint density at radius 3 is 2.83 bits per heavy atom. The monoisotopic (exact) mass is 161 g/mol. The maximum Gasteiger partial charge on any atom is 0.136 e. The molecule has 0 unspecified atom stereocenters. The first kappa shape index (κ1) is 7.04. The van der Waals surface area contributed by atoms with Crippen molar-refractivity contribution in [3.05, 3.63) is 18.0 Å². The van der Waals surface area contributed by atoms with E-state index in [1.807, 2.05) is 0 Å². The van der Waals surface area contributed by atoms with Crippen LogP contribution in [0.1, 0.15) is 18.4 Å². The number of carbonyl (C=O) groups is 1. The minimum absolute atomic E-state index is 0.151. The third-order valence-corrected chi connectivity index (χ3v) is 2.26. The van der Waals surface area contributed by atoms with E-state index < -0.39 is 5.41 Å². The zero-order chi connectivity index (χ0) is 8.60. The third-order valence-electron chi connectivity index (χ3n) is 2.26. The molecule has 12 heavy (non-hydrogen) atoms. The van der Waals surface area contributed by atoms with Crippen molar-refractivity contribution >= 4 is 5.78 Å². The minimum Gasteiger partial charge on any atom is -0.300 e. The quantitative estimate of drug-likeness (QED) is 0.653. The molecule has 2 rings (SSSR count). The molecule has 1 aromatic rings. The summed E-state index contributed by atoms with van der Waals surface area (Å²) >= 11 is 0. The molecule has 0 radical (unpaired) electrons. The number of rotatable bonds is 1. The van der Waals surface area contributed by atoms with Gasteiger partial charge in [0.1, 0.15) is 5.78 Å². The van der Waals surface area contributed by atoms with Crippen molar-refractivity contribution < 1.29 is 4.79 Å². The van der Waals surface area contributed by atoms with Gasteiger partial charge in [0, 0.05) is 24.6 Å². The summed E-state index contributed by atoms with van der Waals surface area (Å²) in [6.07, 6.45) is 3.96. The average molecular weight is 161 g/mol. The highest BCUT2D eigenvalue weighted by atomic mass is 16.1. The third kappa shape index (κ3) is 0.766. The highest BCUT2D eigenvalue weighted by molar-refractivity contribution is 5.90. The van der Waals surface area contributed by atoms with Crippen LogP contribution in [0.4, 0.5) is 0 Å². The molecule has 1 N–H and O–H groups in total. The van der Waals surface area contributed by atoms with Gasteiger partial charge < -0.3 is 0 Å². The molecule has 0 aliphatic heterocycles. The molecule has 1 aliphatic rings. The fourth-order valence-electron chi connectivity index (χ4n) is 1.48. The summed E-state index contributed by atoms with van der Waals surface area (Å²) in [4.78, 5) is 10.8. The van der Waals surface area contributed by atoms with E-state index in [1.54, 1.807) is 12.4 Å². The van der Waals surface area contributed by atoms with E-state index in [1.165, 1.54) is 0 Å². The number of carbonyl (C=O) groups excluding carboxylic acids is 1. The van der Waals surface area contributed by atoms with Crippen LogP contribution in [-0.4, -0.2) is 16.0 Å². The van der Waals surface area contributed by atoms with Crippen molar-refractivity contribution in [2.24, 2.45) is 0 Å². The van der Waals surface area contributed by atoms with E-state index in [0.717, 1.165) is 5.56 Å². The fourth-order valence-corrected chi connectivity index (χ4v) is 1.48. The smallest absolute Gasteiger partial charge is 0.136 e. The van der Waals surface area contributed by atoms with Crippen LogP contribution in [0.2, 0.25) is 0 Å². The van der Waals surface area contributed by atoms with Crippen LogP contribution in [0.3, 0.4) is 0 Å². The highest BCUT2D eigenvalue weighted by Gasteiger charge is 2.46. The van der Waals surface area contributed by atoms with Crippen molar-refractivity contribution in [1.29, 1.82) is 5.26 Å². The van der Waals surface area contributed by atoms with Gasteiger partial charge in [-0.05, 0) is 0 Å². The highest BCUT2D eigenvalue weighted by Crippen LogP contribution is 2.39. The molecule has 0 aromatic carbocycles. The molecular weight excluding hydrogens is 154 g/mol. The number of aromatic nitrogens is 2. The van der Waals surface area contributed by atoms with Gasteiger partial charge in [-0.3, -0.25) is 9.89 Å². The van der Waals surface area contributed by atoms with E-state index >= 15 is 0 Å². The Kier molecular flexibility index (Phi) is 1.28. The largest absolute Gasteiger partial charge is 0.300 e. The Morgan fingerprint density at radius 1 is 1.67 bits per heavy atom. The van der Waals surface area contributed by atoms with Gasteiger partial charge in [0.05, 0.1) is 17.7 Å². The molecule has 0 atom stereocenters. The maximum atomic E-state index is 10.8. The Labute approximate surface area is 69.2 Å². The van der Waals surface area contributed by atoms with Crippen molar-refractivity contribution in [3.63, 3.8) is 0 Å². The van der Waals surface area contributed by atoms with E-state index in [0.29, 0.717) is 12.8 Å². The summed E-state index contributed by atoms with van der Waals surface area (Å²) in [6, 6.07) is 2.17. The summed E-state index contributed by atoms with van der Waals surface area (Å²) in [5.41, 5.74) is 0.244. The summed E-state index contributed by atoms with van der Waals surface area (Å²) in [6.45, 7) is 0. The topological polar surface area (TPSA) is 69.5 Å². The number of ketones is 1. The van der Waals surface area contributed by atoms with E-state index in [4.69, 9.17) is 5.26 Å². The predicted molar refractivity (Wildman–Crippen MR) is 40.1 cm³/mol. The van der Waals surface area contributed by atoms with Crippen LogP contribution < -0.4 is 0 Å². The van der Waals surface area contributed by atoms with Gasteiger partial charge in [-0.1, -0.05) is 0 Å². The molecule has 4 nitrogen and oxygen atoms in total. The Bertz CT molecular complexity index is 339. The molecule has 4 heteroatoms. The van der Waals surface area contributed by atoms with Gasteiger partial charge in [-0.2, -0.15) is 10.4 Å². The first-order chi connectivity index (χ1) is 5.77. The van der Waals surface area contributed by atoms with Crippen molar-refractivity contribution in [3.8, 4) is 6.07 Å². The number of nitrogens with one attached hydrogen (secondary N) is 1. The van der Waals surface area contributed by atoms with Crippen LogP contribution in [0.25, 0.3) is 0 Å². The summed E-state index contributed by atoms with van der Waals surface area (Å²) < 4.78 is 0. The normalized spacial score (nSPS) is 19.8. The van der Waals surface area contributed by atoms with Crippen LogP contribution in [-0.2, 0) is 10.2 Å². The van der Waals surface area contributed by atoms with Crippen molar-refractivity contribution in [2.45, 2.75) is 18.3 Å². The molecule has 1 aromatic heterocycles. The van der Waals surface area contributed by atoms with E-state index in [9.17, 15) is 4.79 Å². The van der Waals surface area contributed by atoms with E-state index in [2.05, 4.69) is 16.3 Å². The number of H-pyrrole nitrogens is 1. The predicted octanol–water partition coefficient (Wildman–Crippen LogP) is 0.534. The molecule has 1 saturated carbocycles. The number of hydrogen-bond donors (Lipinski definition) is 1. The molecule has 0 saturated heterocycles. The molecule has 60 valence electrons. The van der Waals surface area contributed by atoms with Crippen molar-refractivity contribution in [2.75, 3.05) is 0 Å². The summed E-state index contributed by atoms with van der Waals surface area (Å²) in [7, 11) is 0. The van der Waals surface area contributed by atoms with E-state index in [-0.39, 0.29) is 5.78 Å². The molecule has 0 bridgehead atoms. The number of Topliss-reactive ketones (excluding diaryl/α,β-unsaturated/α-hetero) is 1. The SMILES string of the molecule is N#CC1(c2cn[nH]c2)CC(=O)C1. The van der Waals surface area contributed by atoms with Gasteiger partial charge in [-0.25, -0.2) is 0 Å². The van der Waals surface area contributed by atoms with Crippen LogP contribution in [0.5, 0.6) is 0 Å². The van der Waals surface area contributed by atoms with Crippen molar-refractivity contribution in [1.82, 2.24) is 10.2 Å². The molecule has 0 spiro atoms. The Morgan fingerprint density at radius 2 is 2.42 bits per heavy atom. The second-order valence-electron chi connectivity index (χ2n) is 3.07. The molecule has 1 aliphatic carbocycles. The second-order valence-corrected chi connectivity index (χ2v) is 3.07. The standard InChI is InChI=1S/C8H7N3O/c9-5-8(1-7(12)2-8)6-3-10-11-4-6/h3-4H,1-2H2,(H,10,11). The number of nitrogens with zero attached hydrogens (tertiary/aromatic N) is 2. The zero-order valence-electron chi connectivity index (χ0n) is 6.37. The maximum absolute atomic E-state index is 10.8. The molecule has 1 heterocycles. The average Bonchev–Trinajstić information content (AvgIpc) is 2.50. The zero-order valence-corrected chi connectivity index (χ0v) is 6.37. The Hall–Kier alpha value is -1.63. The van der Waals surface area contributed by atoms with Crippen LogP contribution in [0, 0.1) is 11.3 Å². The summed E-state index contributed by atoms with van der Waals surface area (Å²) in [5.74, 6) is 0.151. The van der Waals surface area contributed by atoms with Crippen LogP contribution >= 0.6 is 0 Å². The number of hydrogen-bond acceptors (Lipinski definition) is 3. The molecular formula is C8H7N3O. The minimum atomic E-state index is -0.579. The van der Waals surface area contributed by atoms with Gasteiger partial charge in [0.25, 0.3) is 0 Å². The lowest BCUT2D eigenvalue weighted by atomic mass is 9.65. The first-order valence-corrected chi connectivity index (χ1v) is 3.69. The van der Waals surface area contributed by atoms with Gasteiger partial charge in [0.2, 0.25) is 0 Å².